The van der Waals surface area contributed by atoms with Crippen molar-refractivity contribution in [3.05, 3.63) is 53.0 Å². The molecule has 0 amide bonds. The van der Waals surface area contributed by atoms with Gasteiger partial charge in [0.25, 0.3) is 0 Å². The highest BCUT2D eigenvalue weighted by Crippen LogP contribution is 2.31. The van der Waals surface area contributed by atoms with Crippen LogP contribution in [0.4, 0.5) is 5.82 Å². The Kier molecular flexibility index (Phi) is 3.92. The predicted octanol–water partition coefficient (Wildman–Crippen LogP) is 4.15. The van der Waals surface area contributed by atoms with Crippen LogP contribution in [-0.2, 0) is 0 Å². The smallest absolute Gasteiger partial charge is 0.196 e. The molecule has 1 unspecified atom stereocenters. The fraction of sp³-hybridized carbons (Fsp3) is 0.222. The number of furan rings is 1. The molecule has 0 spiro atoms. The highest BCUT2D eigenvalue weighted by Gasteiger charge is 2.17. The Hall–Kier alpha value is -2.44. The van der Waals surface area contributed by atoms with Crippen molar-refractivity contribution in [1.82, 2.24) is 14.9 Å². The number of benzene rings is 1. The van der Waals surface area contributed by atoms with E-state index < -0.39 is 0 Å². The van der Waals surface area contributed by atoms with Crippen LogP contribution in [-0.4, -0.2) is 35.5 Å². The van der Waals surface area contributed by atoms with Gasteiger partial charge in [0.1, 0.15) is 17.4 Å². The van der Waals surface area contributed by atoms with E-state index in [1.165, 1.54) is 4.88 Å². The highest BCUT2D eigenvalue weighted by atomic mass is 32.1. The fourth-order valence-corrected chi connectivity index (χ4v) is 3.78. The molecule has 0 bridgehead atoms. The molecule has 5 nitrogen and oxygen atoms in total. The summed E-state index contributed by atoms with van der Waals surface area (Å²) in [5.41, 5.74) is 2.39. The lowest BCUT2D eigenvalue weighted by molar-refractivity contribution is 0.316. The zero-order valence-electron chi connectivity index (χ0n) is 13.6. The maximum atomic E-state index is 5.97. The van der Waals surface area contributed by atoms with Crippen LogP contribution in [0.5, 0.6) is 0 Å². The number of rotatable bonds is 5. The number of thiophene rings is 1. The fourth-order valence-electron chi connectivity index (χ4n) is 2.86. The van der Waals surface area contributed by atoms with Gasteiger partial charge in [0.2, 0.25) is 0 Å². The van der Waals surface area contributed by atoms with Gasteiger partial charge in [-0.25, -0.2) is 9.97 Å². The molecule has 0 aliphatic carbocycles. The van der Waals surface area contributed by atoms with Crippen LogP contribution >= 0.6 is 11.3 Å². The zero-order valence-corrected chi connectivity index (χ0v) is 14.4. The average molecular weight is 338 g/mol. The Bertz CT molecular complexity index is 962. The number of aromatic nitrogens is 2. The van der Waals surface area contributed by atoms with E-state index in [1.807, 2.05) is 24.3 Å². The SMILES string of the molecule is CN(C)C(CNc1ncnc2c1oc1ccccc12)c1cccs1. The van der Waals surface area contributed by atoms with Gasteiger partial charge in [-0.15, -0.1) is 11.3 Å². The second-order valence-electron chi connectivity index (χ2n) is 5.87. The van der Waals surface area contributed by atoms with Crippen LogP contribution < -0.4 is 5.32 Å². The first-order chi connectivity index (χ1) is 11.7. The quantitative estimate of drug-likeness (QED) is 0.592. The monoisotopic (exact) mass is 338 g/mol. The molecule has 0 fully saturated rings. The Labute approximate surface area is 143 Å². The summed E-state index contributed by atoms with van der Waals surface area (Å²) < 4.78 is 5.97. The predicted molar refractivity (Wildman–Crippen MR) is 98.5 cm³/mol. The Morgan fingerprint density at radius 2 is 2.04 bits per heavy atom. The van der Waals surface area contributed by atoms with Crippen molar-refractivity contribution >= 4 is 39.2 Å². The van der Waals surface area contributed by atoms with Gasteiger partial charge in [0.05, 0.1) is 6.04 Å². The van der Waals surface area contributed by atoms with E-state index in [0.717, 1.165) is 28.8 Å². The largest absolute Gasteiger partial charge is 0.450 e. The third kappa shape index (κ3) is 2.64. The van der Waals surface area contributed by atoms with E-state index in [0.29, 0.717) is 5.58 Å². The highest BCUT2D eigenvalue weighted by molar-refractivity contribution is 7.10. The first-order valence-corrected chi connectivity index (χ1v) is 8.68. The number of hydrogen-bond acceptors (Lipinski definition) is 6. The molecule has 1 N–H and O–H groups in total. The van der Waals surface area contributed by atoms with Gasteiger partial charge < -0.3 is 14.6 Å². The molecule has 0 saturated carbocycles. The van der Waals surface area contributed by atoms with Crippen LogP contribution in [0.25, 0.3) is 22.1 Å². The molecule has 1 atom stereocenters. The minimum absolute atomic E-state index is 0.277. The molecule has 0 saturated heterocycles. The number of anilines is 1. The second-order valence-corrected chi connectivity index (χ2v) is 6.85. The normalized spacial score (nSPS) is 13.0. The van der Waals surface area contributed by atoms with Crippen LogP contribution in [0.1, 0.15) is 10.9 Å². The van der Waals surface area contributed by atoms with Crippen molar-refractivity contribution in [2.75, 3.05) is 26.0 Å². The van der Waals surface area contributed by atoms with Crippen molar-refractivity contribution in [2.24, 2.45) is 0 Å². The summed E-state index contributed by atoms with van der Waals surface area (Å²) in [6.07, 6.45) is 1.59. The second kappa shape index (κ2) is 6.22. The molecule has 0 radical (unpaired) electrons. The molecule has 4 aromatic rings. The summed E-state index contributed by atoms with van der Waals surface area (Å²) in [7, 11) is 4.17. The third-order valence-electron chi connectivity index (χ3n) is 4.12. The summed E-state index contributed by atoms with van der Waals surface area (Å²) >= 11 is 1.76. The number of para-hydroxylation sites is 1. The summed E-state index contributed by atoms with van der Waals surface area (Å²) in [5, 5.41) is 6.56. The van der Waals surface area contributed by atoms with Crippen molar-refractivity contribution in [1.29, 1.82) is 0 Å². The molecule has 1 aromatic carbocycles. The molecule has 24 heavy (non-hydrogen) atoms. The Morgan fingerprint density at radius 1 is 1.17 bits per heavy atom. The van der Waals surface area contributed by atoms with Crippen LogP contribution in [0, 0.1) is 0 Å². The first kappa shape index (κ1) is 15.1. The molecule has 4 rings (SSSR count). The zero-order chi connectivity index (χ0) is 16.5. The van der Waals surface area contributed by atoms with Crippen LogP contribution in [0.3, 0.4) is 0 Å². The number of nitrogens with one attached hydrogen (secondary N) is 1. The van der Waals surface area contributed by atoms with Gasteiger partial charge in [-0.3, -0.25) is 0 Å². The Balaban J connectivity index is 1.67. The van der Waals surface area contributed by atoms with E-state index in [1.54, 1.807) is 17.7 Å². The maximum absolute atomic E-state index is 5.97. The van der Waals surface area contributed by atoms with Crippen LogP contribution in [0.15, 0.2) is 52.5 Å². The van der Waals surface area contributed by atoms with Gasteiger partial charge in [-0.05, 0) is 37.7 Å². The van der Waals surface area contributed by atoms with E-state index in [4.69, 9.17) is 4.42 Å². The molecule has 3 aromatic heterocycles. The van der Waals surface area contributed by atoms with Gasteiger partial charge in [-0.2, -0.15) is 0 Å². The van der Waals surface area contributed by atoms with E-state index in [2.05, 4.69) is 51.8 Å². The lowest BCUT2D eigenvalue weighted by Crippen LogP contribution is -2.26. The van der Waals surface area contributed by atoms with E-state index >= 15 is 0 Å². The molecular formula is C18H18N4OS. The molecule has 122 valence electrons. The first-order valence-electron chi connectivity index (χ1n) is 7.80. The number of likely N-dealkylation sites (N-methyl/N-ethyl adjacent to an activating group) is 1. The molecule has 3 heterocycles. The molecule has 6 heteroatoms. The van der Waals surface area contributed by atoms with E-state index in [-0.39, 0.29) is 6.04 Å². The van der Waals surface area contributed by atoms with Crippen molar-refractivity contribution in [2.45, 2.75) is 6.04 Å². The number of nitrogens with zero attached hydrogens (tertiary/aromatic N) is 3. The summed E-state index contributed by atoms with van der Waals surface area (Å²) in [6, 6.07) is 12.4. The van der Waals surface area contributed by atoms with Gasteiger partial charge in [0.15, 0.2) is 11.4 Å². The maximum Gasteiger partial charge on any atom is 0.196 e. The van der Waals surface area contributed by atoms with E-state index in [9.17, 15) is 0 Å². The van der Waals surface area contributed by atoms with Crippen LogP contribution in [0.2, 0.25) is 0 Å². The summed E-state index contributed by atoms with van der Waals surface area (Å²) in [4.78, 5) is 12.3. The Morgan fingerprint density at radius 3 is 2.83 bits per heavy atom. The van der Waals surface area contributed by atoms with Crippen molar-refractivity contribution < 1.29 is 4.42 Å². The summed E-state index contributed by atoms with van der Waals surface area (Å²) in [5.74, 6) is 0.736. The minimum Gasteiger partial charge on any atom is -0.450 e. The summed E-state index contributed by atoms with van der Waals surface area (Å²) in [6.45, 7) is 0.747. The molecular weight excluding hydrogens is 320 g/mol. The van der Waals surface area contributed by atoms with Crippen molar-refractivity contribution in [3.63, 3.8) is 0 Å². The lowest BCUT2D eigenvalue weighted by atomic mass is 10.2. The third-order valence-corrected chi connectivity index (χ3v) is 5.09. The molecule has 0 aliphatic rings. The van der Waals surface area contributed by atoms with Gasteiger partial charge in [-0.1, -0.05) is 18.2 Å². The number of hydrogen-bond donors (Lipinski definition) is 1. The molecule has 0 aliphatic heterocycles. The van der Waals surface area contributed by atoms with Gasteiger partial charge >= 0.3 is 0 Å². The lowest BCUT2D eigenvalue weighted by Gasteiger charge is -2.23. The minimum atomic E-state index is 0.277. The average Bonchev–Trinajstić information content (AvgIpc) is 3.22. The number of fused-ring (bicyclic) bond motifs is 3. The standard InChI is InChI=1S/C18H18N4OS/c1-22(2)13(15-8-5-9-24-15)10-19-18-17-16(20-11-21-18)12-6-3-4-7-14(12)23-17/h3-9,11,13H,10H2,1-2H3,(H,19,20,21). The van der Waals surface area contributed by atoms with Gasteiger partial charge in [0, 0.05) is 16.8 Å². The topological polar surface area (TPSA) is 54.2 Å². The van der Waals surface area contributed by atoms with Crippen molar-refractivity contribution in [3.8, 4) is 0 Å².